The number of rotatable bonds is 6. The number of likely N-dealkylation sites (N-methyl/N-ethyl adjacent to an activating group) is 1. The molecule has 3 nitrogen and oxygen atoms in total. The van der Waals surface area contributed by atoms with Gasteiger partial charge in [-0.15, -0.1) is 0 Å². The third-order valence-corrected chi connectivity index (χ3v) is 4.00. The third-order valence-electron chi connectivity index (χ3n) is 4.00. The summed E-state index contributed by atoms with van der Waals surface area (Å²) in [6.45, 7) is 13.0. The van der Waals surface area contributed by atoms with E-state index in [0.29, 0.717) is 12.1 Å². The van der Waals surface area contributed by atoms with Crippen molar-refractivity contribution >= 4 is 0 Å². The minimum atomic E-state index is 0.700. The van der Waals surface area contributed by atoms with E-state index in [-0.39, 0.29) is 0 Å². The van der Waals surface area contributed by atoms with Crippen LogP contribution >= 0.6 is 0 Å². The first-order chi connectivity index (χ1) is 8.17. The summed E-state index contributed by atoms with van der Waals surface area (Å²) in [4.78, 5) is 5.10. The molecule has 3 heteroatoms. The molecule has 0 saturated carbocycles. The highest BCUT2D eigenvalue weighted by Crippen LogP contribution is 2.07. The first-order valence-corrected chi connectivity index (χ1v) is 7.33. The fourth-order valence-corrected chi connectivity index (χ4v) is 2.74. The van der Waals surface area contributed by atoms with E-state index in [1.807, 2.05) is 0 Å². The van der Waals surface area contributed by atoms with E-state index < -0.39 is 0 Å². The largest absolute Gasteiger partial charge is 0.313 e. The predicted octanol–water partition coefficient (Wildman–Crippen LogP) is 1.79. The van der Waals surface area contributed by atoms with Gasteiger partial charge in [-0.25, -0.2) is 0 Å². The molecule has 17 heavy (non-hydrogen) atoms. The highest BCUT2D eigenvalue weighted by molar-refractivity contribution is 4.76. The lowest BCUT2D eigenvalue weighted by Gasteiger charge is -2.28. The Labute approximate surface area is 108 Å². The lowest BCUT2D eigenvalue weighted by Crippen LogP contribution is -2.43. The molecule has 1 heterocycles. The maximum absolute atomic E-state index is 3.66. The Hall–Kier alpha value is -0.120. The minimum Gasteiger partial charge on any atom is -0.313 e. The molecule has 1 rings (SSSR count). The van der Waals surface area contributed by atoms with E-state index in [0.717, 1.165) is 6.54 Å². The summed E-state index contributed by atoms with van der Waals surface area (Å²) in [6, 6.07) is 1.41. The fraction of sp³-hybridized carbons (Fsp3) is 1.00. The van der Waals surface area contributed by atoms with E-state index in [2.05, 4.69) is 42.9 Å². The van der Waals surface area contributed by atoms with Gasteiger partial charge in [0.05, 0.1) is 0 Å². The second kappa shape index (κ2) is 8.06. The zero-order valence-electron chi connectivity index (χ0n) is 12.2. The Morgan fingerprint density at radius 3 is 2.59 bits per heavy atom. The molecular formula is C14H31N3. The van der Waals surface area contributed by atoms with Crippen molar-refractivity contribution in [3.63, 3.8) is 0 Å². The monoisotopic (exact) mass is 241 g/mol. The van der Waals surface area contributed by atoms with Crippen LogP contribution in [0.25, 0.3) is 0 Å². The van der Waals surface area contributed by atoms with Crippen molar-refractivity contribution in [1.82, 2.24) is 15.1 Å². The van der Waals surface area contributed by atoms with Crippen LogP contribution < -0.4 is 5.32 Å². The highest BCUT2D eigenvalue weighted by Gasteiger charge is 2.18. The third kappa shape index (κ3) is 5.36. The van der Waals surface area contributed by atoms with Gasteiger partial charge in [-0.05, 0) is 46.3 Å². The van der Waals surface area contributed by atoms with Gasteiger partial charge < -0.3 is 10.2 Å². The lowest BCUT2D eigenvalue weighted by atomic mass is 10.2. The standard InChI is InChI=1S/C14H31N3/c1-5-14(6-2)15-8-11-17-10-7-9-16(4)12-13(17)3/h13-15H,5-12H2,1-4H3. The molecule has 1 unspecified atom stereocenters. The summed E-state index contributed by atoms with van der Waals surface area (Å²) in [5.74, 6) is 0. The van der Waals surface area contributed by atoms with Crippen molar-refractivity contribution in [2.45, 2.75) is 52.1 Å². The molecule has 1 aliphatic rings. The van der Waals surface area contributed by atoms with E-state index in [4.69, 9.17) is 0 Å². The summed E-state index contributed by atoms with van der Waals surface area (Å²) >= 11 is 0. The Kier molecular flexibility index (Phi) is 7.09. The lowest BCUT2D eigenvalue weighted by molar-refractivity contribution is 0.200. The average Bonchev–Trinajstić information content (AvgIpc) is 2.46. The van der Waals surface area contributed by atoms with Crippen LogP contribution in [0.5, 0.6) is 0 Å². The Morgan fingerprint density at radius 1 is 1.24 bits per heavy atom. The smallest absolute Gasteiger partial charge is 0.0195 e. The van der Waals surface area contributed by atoms with Gasteiger partial charge in [0.2, 0.25) is 0 Å². The van der Waals surface area contributed by atoms with Gasteiger partial charge >= 0.3 is 0 Å². The molecule has 0 aromatic carbocycles. The molecule has 0 aromatic rings. The number of nitrogens with zero attached hydrogens (tertiary/aromatic N) is 2. The fourth-order valence-electron chi connectivity index (χ4n) is 2.74. The van der Waals surface area contributed by atoms with Crippen LogP contribution in [0.2, 0.25) is 0 Å². The number of nitrogens with one attached hydrogen (secondary N) is 1. The summed E-state index contributed by atoms with van der Waals surface area (Å²) in [5.41, 5.74) is 0. The Morgan fingerprint density at radius 2 is 1.94 bits per heavy atom. The molecule has 0 spiro atoms. The van der Waals surface area contributed by atoms with Crippen molar-refractivity contribution < 1.29 is 0 Å². The van der Waals surface area contributed by atoms with Gasteiger partial charge in [-0.2, -0.15) is 0 Å². The summed E-state index contributed by atoms with van der Waals surface area (Å²) in [5, 5.41) is 3.66. The van der Waals surface area contributed by atoms with Gasteiger partial charge in [0.1, 0.15) is 0 Å². The molecule has 102 valence electrons. The second-order valence-corrected chi connectivity index (χ2v) is 5.47. The van der Waals surface area contributed by atoms with Gasteiger partial charge in [0, 0.05) is 31.7 Å². The SMILES string of the molecule is CCC(CC)NCCN1CCCN(C)CC1C. The Balaban J connectivity index is 2.25. The van der Waals surface area contributed by atoms with Crippen LogP contribution in [0.3, 0.4) is 0 Å². The zero-order valence-corrected chi connectivity index (χ0v) is 12.2. The molecule has 0 aliphatic carbocycles. The molecule has 1 saturated heterocycles. The quantitative estimate of drug-likeness (QED) is 0.765. The molecule has 0 amide bonds. The van der Waals surface area contributed by atoms with E-state index in [1.54, 1.807) is 0 Å². The van der Waals surface area contributed by atoms with Crippen molar-refractivity contribution in [3.05, 3.63) is 0 Å². The topological polar surface area (TPSA) is 18.5 Å². The van der Waals surface area contributed by atoms with E-state index in [9.17, 15) is 0 Å². The van der Waals surface area contributed by atoms with Gasteiger partial charge in [0.15, 0.2) is 0 Å². The minimum absolute atomic E-state index is 0.700. The zero-order chi connectivity index (χ0) is 12.7. The molecule has 1 atom stereocenters. The molecule has 0 aromatic heterocycles. The van der Waals surface area contributed by atoms with E-state index >= 15 is 0 Å². The summed E-state index contributed by atoms with van der Waals surface area (Å²) < 4.78 is 0. The van der Waals surface area contributed by atoms with Crippen molar-refractivity contribution in [1.29, 1.82) is 0 Å². The summed E-state index contributed by atoms with van der Waals surface area (Å²) in [6.07, 6.45) is 3.80. The molecule has 1 fully saturated rings. The number of hydrogen-bond acceptors (Lipinski definition) is 3. The van der Waals surface area contributed by atoms with Crippen molar-refractivity contribution in [2.24, 2.45) is 0 Å². The summed E-state index contributed by atoms with van der Waals surface area (Å²) in [7, 11) is 2.24. The van der Waals surface area contributed by atoms with Crippen LogP contribution in [0.1, 0.15) is 40.0 Å². The van der Waals surface area contributed by atoms with Crippen LogP contribution in [-0.4, -0.2) is 61.7 Å². The second-order valence-electron chi connectivity index (χ2n) is 5.47. The Bertz CT molecular complexity index is 192. The first-order valence-electron chi connectivity index (χ1n) is 7.33. The maximum atomic E-state index is 3.66. The normalized spacial score (nSPS) is 24.2. The number of hydrogen-bond donors (Lipinski definition) is 1. The van der Waals surface area contributed by atoms with Crippen molar-refractivity contribution in [2.75, 3.05) is 39.8 Å². The molecule has 0 bridgehead atoms. The van der Waals surface area contributed by atoms with Gasteiger partial charge in [-0.1, -0.05) is 13.8 Å². The van der Waals surface area contributed by atoms with Crippen LogP contribution in [0.4, 0.5) is 0 Å². The average molecular weight is 241 g/mol. The van der Waals surface area contributed by atoms with Crippen LogP contribution in [0.15, 0.2) is 0 Å². The predicted molar refractivity (Wildman–Crippen MR) is 75.5 cm³/mol. The van der Waals surface area contributed by atoms with Gasteiger partial charge in [0.25, 0.3) is 0 Å². The van der Waals surface area contributed by atoms with Crippen LogP contribution in [0, 0.1) is 0 Å². The molecular weight excluding hydrogens is 210 g/mol. The molecule has 1 aliphatic heterocycles. The van der Waals surface area contributed by atoms with Crippen LogP contribution in [-0.2, 0) is 0 Å². The molecule has 1 N–H and O–H groups in total. The van der Waals surface area contributed by atoms with E-state index in [1.165, 1.54) is 45.4 Å². The first kappa shape index (κ1) is 14.9. The van der Waals surface area contributed by atoms with Crippen molar-refractivity contribution in [3.8, 4) is 0 Å². The maximum Gasteiger partial charge on any atom is 0.0195 e. The highest BCUT2D eigenvalue weighted by atomic mass is 15.2. The molecule has 0 radical (unpaired) electrons. The van der Waals surface area contributed by atoms with Gasteiger partial charge in [-0.3, -0.25) is 4.90 Å².